The highest BCUT2D eigenvalue weighted by Crippen LogP contribution is 2.36. The molecular formula is C27H28FN3O2S. The zero-order valence-corrected chi connectivity index (χ0v) is 19.8. The fourth-order valence-electron chi connectivity index (χ4n) is 4.29. The van der Waals surface area contributed by atoms with Crippen molar-refractivity contribution in [1.29, 1.82) is 0 Å². The summed E-state index contributed by atoms with van der Waals surface area (Å²) >= 11 is 1.60. The Morgan fingerprint density at radius 2 is 1.88 bits per heavy atom. The summed E-state index contributed by atoms with van der Waals surface area (Å²) in [5.41, 5.74) is 3.39. The first kappa shape index (κ1) is 22.6. The molecule has 0 spiro atoms. The monoisotopic (exact) mass is 477 g/mol. The van der Waals surface area contributed by atoms with Gasteiger partial charge in [0.1, 0.15) is 17.4 Å². The number of rotatable bonds is 8. The third-order valence-corrected chi connectivity index (χ3v) is 7.19. The quantitative estimate of drug-likeness (QED) is 0.313. The molecule has 34 heavy (non-hydrogen) atoms. The molecule has 0 radical (unpaired) electrons. The van der Waals surface area contributed by atoms with Gasteiger partial charge in [0.05, 0.1) is 10.2 Å². The van der Waals surface area contributed by atoms with Gasteiger partial charge in [0.25, 0.3) is 0 Å². The molecule has 0 amide bonds. The maximum Gasteiger partial charge on any atom is 0.165 e. The number of fused-ring (bicyclic) bond motifs is 1. The van der Waals surface area contributed by atoms with Gasteiger partial charge in [-0.1, -0.05) is 24.6 Å². The van der Waals surface area contributed by atoms with E-state index in [2.05, 4.69) is 10.2 Å². The summed E-state index contributed by atoms with van der Waals surface area (Å²) in [6.45, 7) is 3.93. The first-order valence-electron chi connectivity index (χ1n) is 11.7. The predicted molar refractivity (Wildman–Crippen MR) is 136 cm³/mol. The minimum atomic E-state index is -0.361. The summed E-state index contributed by atoms with van der Waals surface area (Å²) in [6.07, 6.45) is 3.76. The maximum atomic E-state index is 14.7. The molecule has 0 atom stereocenters. The van der Waals surface area contributed by atoms with E-state index in [1.807, 2.05) is 36.4 Å². The van der Waals surface area contributed by atoms with Gasteiger partial charge in [-0.2, -0.15) is 0 Å². The van der Waals surface area contributed by atoms with Crippen LogP contribution in [0, 0.1) is 5.82 Å². The molecule has 1 aliphatic heterocycles. The van der Waals surface area contributed by atoms with Crippen molar-refractivity contribution in [2.75, 3.05) is 31.6 Å². The number of nitrogens with zero attached hydrogens (tertiary/aromatic N) is 2. The van der Waals surface area contributed by atoms with E-state index in [1.165, 1.54) is 25.3 Å². The Bertz CT molecular complexity index is 1240. The summed E-state index contributed by atoms with van der Waals surface area (Å²) in [7, 11) is 0. The van der Waals surface area contributed by atoms with Gasteiger partial charge in [-0.05, 0) is 67.9 Å². The number of ether oxygens (including phenoxy) is 1. The Morgan fingerprint density at radius 3 is 2.71 bits per heavy atom. The Labute approximate surface area is 202 Å². The molecule has 5 rings (SSSR count). The number of hydrogen-bond acceptors (Lipinski definition) is 6. The second-order valence-corrected chi connectivity index (χ2v) is 9.62. The van der Waals surface area contributed by atoms with Crippen molar-refractivity contribution in [2.24, 2.45) is 0 Å². The van der Waals surface area contributed by atoms with Crippen molar-refractivity contribution in [3.63, 3.8) is 0 Å². The summed E-state index contributed by atoms with van der Waals surface area (Å²) in [4.78, 5) is 7.11. The standard InChI is InChI=1S/C27H28FN3O2S/c28-22-16-19(8-11-25(22)33-15-14-31-12-4-1-5-13-31)18-29-24-17-20(32)9-10-21(24)27-30-23-6-2-3-7-26(23)34-27/h2-3,6-11,16-17,29,32H,1,4-5,12-15,18H2. The highest BCUT2D eigenvalue weighted by atomic mass is 32.1. The molecule has 2 N–H and O–H groups in total. The molecule has 5 nitrogen and oxygen atoms in total. The lowest BCUT2D eigenvalue weighted by atomic mass is 10.1. The van der Waals surface area contributed by atoms with Crippen molar-refractivity contribution in [3.8, 4) is 22.1 Å². The molecule has 2 heterocycles. The number of phenolic OH excluding ortho intramolecular Hbond substituents is 1. The smallest absolute Gasteiger partial charge is 0.165 e. The molecule has 4 aromatic rings. The lowest BCUT2D eigenvalue weighted by Crippen LogP contribution is -2.33. The number of halogens is 1. The van der Waals surface area contributed by atoms with E-state index in [-0.39, 0.29) is 17.3 Å². The van der Waals surface area contributed by atoms with E-state index in [0.717, 1.165) is 51.7 Å². The molecule has 1 aromatic heterocycles. The summed E-state index contributed by atoms with van der Waals surface area (Å²) in [5, 5.41) is 14.2. The zero-order valence-electron chi connectivity index (χ0n) is 19.0. The highest BCUT2D eigenvalue weighted by Gasteiger charge is 2.13. The summed E-state index contributed by atoms with van der Waals surface area (Å²) < 4.78 is 21.5. The van der Waals surface area contributed by atoms with E-state index < -0.39 is 0 Å². The number of aromatic nitrogens is 1. The normalized spacial score (nSPS) is 14.4. The van der Waals surface area contributed by atoms with Crippen LogP contribution < -0.4 is 10.1 Å². The third-order valence-electron chi connectivity index (χ3n) is 6.12. The second-order valence-electron chi connectivity index (χ2n) is 8.59. The zero-order chi connectivity index (χ0) is 23.3. The SMILES string of the molecule is Oc1ccc(-c2nc3ccccc3s2)c(NCc2ccc(OCCN3CCCCC3)c(F)c2)c1. The van der Waals surface area contributed by atoms with E-state index in [9.17, 15) is 9.50 Å². The van der Waals surface area contributed by atoms with E-state index in [1.54, 1.807) is 29.5 Å². The van der Waals surface area contributed by atoms with Crippen LogP contribution in [0.5, 0.6) is 11.5 Å². The van der Waals surface area contributed by atoms with Crippen LogP contribution >= 0.6 is 11.3 Å². The second kappa shape index (κ2) is 10.4. The number of likely N-dealkylation sites (tertiary alicyclic amines) is 1. The summed E-state index contributed by atoms with van der Waals surface area (Å²) in [5.74, 6) is 0.0875. The molecule has 0 aliphatic carbocycles. The molecule has 0 unspecified atom stereocenters. The van der Waals surface area contributed by atoms with Crippen LogP contribution in [0.4, 0.5) is 10.1 Å². The van der Waals surface area contributed by atoms with Gasteiger partial charge in [-0.3, -0.25) is 4.90 Å². The lowest BCUT2D eigenvalue weighted by molar-refractivity contribution is 0.180. The maximum absolute atomic E-state index is 14.7. The molecule has 1 aliphatic rings. The van der Waals surface area contributed by atoms with E-state index >= 15 is 0 Å². The minimum absolute atomic E-state index is 0.163. The minimum Gasteiger partial charge on any atom is -0.508 e. The van der Waals surface area contributed by atoms with Crippen molar-refractivity contribution in [1.82, 2.24) is 9.88 Å². The van der Waals surface area contributed by atoms with Gasteiger partial charge in [-0.25, -0.2) is 9.37 Å². The number of para-hydroxylation sites is 1. The average molecular weight is 478 g/mol. The Hall–Kier alpha value is -3.16. The number of hydrogen-bond donors (Lipinski definition) is 2. The van der Waals surface area contributed by atoms with Crippen LogP contribution in [-0.2, 0) is 6.54 Å². The third kappa shape index (κ3) is 5.32. The molecular weight excluding hydrogens is 449 g/mol. The summed E-state index contributed by atoms with van der Waals surface area (Å²) in [6, 6.07) is 18.3. The fraction of sp³-hybridized carbons (Fsp3) is 0.296. The van der Waals surface area contributed by atoms with Crippen molar-refractivity contribution in [2.45, 2.75) is 25.8 Å². The number of phenols is 1. The molecule has 176 valence electrons. The van der Waals surface area contributed by atoms with Crippen molar-refractivity contribution in [3.05, 3.63) is 72.0 Å². The van der Waals surface area contributed by atoms with E-state index in [0.29, 0.717) is 13.2 Å². The Balaban J connectivity index is 1.25. The van der Waals surface area contributed by atoms with Gasteiger partial charge in [-0.15, -0.1) is 11.3 Å². The number of aromatic hydroxyl groups is 1. The molecule has 1 saturated heterocycles. The topological polar surface area (TPSA) is 57.6 Å². The van der Waals surface area contributed by atoms with Crippen molar-refractivity contribution >= 4 is 27.2 Å². The molecule has 3 aromatic carbocycles. The van der Waals surface area contributed by atoms with Crippen LogP contribution in [0.25, 0.3) is 20.8 Å². The number of benzene rings is 3. The first-order chi connectivity index (χ1) is 16.7. The number of nitrogens with one attached hydrogen (secondary N) is 1. The molecule has 0 saturated carbocycles. The Kier molecular flexibility index (Phi) is 6.92. The average Bonchev–Trinajstić information content (AvgIpc) is 3.29. The van der Waals surface area contributed by atoms with Gasteiger partial charge < -0.3 is 15.2 Å². The van der Waals surface area contributed by atoms with Gasteiger partial charge in [0.2, 0.25) is 0 Å². The van der Waals surface area contributed by atoms with Crippen LogP contribution in [0.2, 0.25) is 0 Å². The lowest BCUT2D eigenvalue weighted by Gasteiger charge is -2.26. The molecule has 7 heteroatoms. The number of thiazole rings is 1. The van der Waals surface area contributed by atoms with Crippen LogP contribution in [-0.4, -0.2) is 41.2 Å². The van der Waals surface area contributed by atoms with Gasteiger partial charge in [0.15, 0.2) is 11.6 Å². The fourth-order valence-corrected chi connectivity index (χ4v) is 5.29. The van der Waals surface area contributed by atoms with E-state index in [4.69, 9.17) is 9.72 Å². The highest BCUT2D eigenvalue weighted by molar-refractivity contribution is 7.21. The van der Waals surface area contributed by atoms with Crippen LogP contribution in [0.15, 0.2) is 60.7 Å². The number of piperidine rings is 1. The Morgan fingerprint density at radius 1 is 1.03 bits per heavy atom. The van der Waals surface area contributed by atoms with Gasteiger partial charge >= 0.3 is 0 Å². The van der Waals surface area contributed by atoms with Gasteiger partial charge in [0, 0.05) is 30.4 Å². The number of anilines is 1. The molecule has 1 fully saturated rings. The van der Waals surface area contributed by atoms with Crippen LogP contribution in [0.3, 0.4) is 0 Å². The first-order valence-corrected chi connectivity index (χ1v) is 12.5. The largest absolute Gasteiger partial charge is 0.508 e. The van der Waals surface area contributed by atoms with Crippen molar-refractivity contribution < 1.29 is 14.2 Å². The van der Waals surface area contributed by atoms with Crippen LogP contribution in [0.1, 0.15) is 24.8 Å². The predicted octanol–water partition coefficient (Wildman–Crippen LogP) is 6.28. The molecule has 0 bridgehead atoms.